The van der Waals surface area contributed by atoms with E-state index in [0.717, 1.165) is 18.0 Å². The predicted octanol–water partition coefficient (Wildman–Crippen LogP) is 5.87. The van der Waals surface area contributed by atoms with Gasteiger partial charge in [0.05, 0.1) is 5.56 Å². The summed E-state index contributed by atoms with van der Waals surface area (Å²) in [7, 11) is -0.955. The zero-order valence-corrected chi connectivity index (χ0v) is 16.8. The average Bonchev–Trinajstić information content (AvgIpc) is 3.10. The summed E-state index contributed by atoms with van der Waals surface area (Å²) < 4.78 is 62.9. The van der Waals surface area contributed by atoms with Crippen LogP contribution in [0.1, 0.15) is 25.2 Å². The van der Waals surface area contributed by atoms with Gasteiger partial charge in [0.25, 0.3) is 0 Å². The molecule has 0 saturated carbocycles. The molecular weight excluding hydrogens is 392 g/mol. The molecule has 0 amide bonds. The number of halogens is 4. The number of imidazole rings is 1. The lowest BCUT2D eigenvalue weighted by Gasteiger charge is -2.09. The Balaban J connectivity index is 0.000000301. The number of benzene rings is 2. The minimum Gasteiger partial charge on any atom is -0.253 e. The third-order valence-corrected chi connectivity index (χ3v) is 4.38. The number of hydrogen-bond acceptors (Lipinski definition) is 2. The smallest absolute Gasteiger partial charge is 0.253 e. The number of aromatic nitrogens is 2. The fourth-order valence-corrected chi connectivity index (χ4v) is 2.83. The van der Waals surface area contributed by atoms with Crippen LogP contribution in [0.25, 0.3) is 11.1 Å². The predicted molar refractivity (Wildman–Crippen MR) is 105 cm³/mol. The second-order valence-corrected chi connectivity index (χ2v) is 6.52. The highest BCUT2D eigenvalue weighted by Gasteiger charge is 2.31. The molecule has 8 heteroatoms. The van der Waals surface area contributed by atoms with Crippen LogP contribution in [0.3, 0.4) is 0 Å². The van der Waals surface area contributed by atoms with Crippen LogP contribution in [0.5, 0.6) is 0 Å². The molecule has 3 rings (SSSR count). The Morgan fingerprint density at radius 2 is 1.64 bits per heavy atom. The van der Waals surface area contributed by atoms with Crippen molar-refractivity contribution in [2.45, 2.75) is 26.9 Å². The SMILES string of the molecule is CC.Cc1nccn1S(C)=O.Fc1cc(C(F)(F)F)ccc1-c1ccccc1. The van der Waals surface area contributed by atoms with Gasteiger partial charge in [-0.1, -0.05) is 50.2 Å². The third kappa shape index (κ3) is 6.60. The Bertz CT molecular complexity index is 893. The van der Waals surface area contributed by atoms with Crippen molar-refractivity contribution in [3.05, 3.63) is 78.1 Å². The molecule has 0 saturated heterocycles. The van der Waals surface area contributed by atoms with Crippen molar-refractivity contribution in [2.75, 3.05) is 6.26 Å². The van der Waals surface area contributed by atoms with Gasteiger partial charge in [0.15, 0.2) is 0 Å². The summed E-state index contributed by atoms with van der Waals surface area (Å²) in [4.78, 5) is 3.91. The van der Waals surface area contributed by atoms with E-state index in [0.29, 0.717) is 11.6 Å². The molecule has 1 heterocycles. The van der Waals surface area contributed by atoms with Gasteiger partial charge in [-0.2, -0.15) is 13.2 Å². The molecule has 3 aromatic rings. The van der Waals surface area contributed by atoms with Crippen molar-refractivity contribution < 1.29 is 21.8 Å². The first-order chi connectivity index (χ1) is 13.2. The van der Waals surface area contributed by atoms with Crippen molar-refractivity contribution in [2.24, 2.45) is 0 Å². The van der Waals surface area contributed by atoms with Gasteiger partial charge < -0.3 is 0 Å². The maximum atomic E-state index is 13.6. The standard InChI is InChI=1S/C13H8F4.C5H8N2OS.C2H6/c14-12-8-10(13(15,16)17)6-7-11(12)9-4-2-1-3-5-9;1-5-6-3-4-7(5)9(2)8;1-2/h1-8H;3-4H,1-2H3;1-2H3. The largest absolute Gasteiger partial charge is 0.416 e. The van der Waals surface area contributed by atoms with Gasteiger partial charge >= 0.3 is 6.18 Å². The Morgan fingerprint density at radius 3 is 2.04 bits per heavy atom. The first-order valence-electron chi connectivity index (χ1n) is 8.46. The monoisotopic (exact) mass is 414 g/mol. The van der Waals surface area contributed by atoms with Crippen LogP contribution >= 0.6 is 0 Å². The summed E-state index contributed by atoms with van der Waals surface area (Å²) >= 11 is 0. The number of alkyl halides is 3. The zero-order chi connectivity index (χ0) is 21.3. The first kappa shape index (κ1) is 23.6. The fourth-order valence-electron chi connectivity index (χ4n) is 2.18. The van der Waals surface area contributed by atoms with Crippen molar-refractivity contribution in [1.82, 2.24) is 8.96 Å². The molecular formula is C20H22F4N2OS. The summed E-state index contributed by atoms with van der Waals surface area (Å²) in [5, 5.41) is 0. The molecule has 0 spiro atoms. The van der Waals surface area contributed by atoms with Crippen molar-refractivity contribution in [3.63, 3.8) is 0 Å². The van der Waals surface area contributed by atoms with E-state index in [4.69, 9.17) is 0 Å². The molecule has 0 aliphatic carbocycles. The van der Waals surface area contributed by atoms with Gasteiger partial charge in [-0.25, -0.2) is 13.6 Å². The molecule has 152 valence electrons. The molecule has 0 N–H and O–H groups in total. The molecule has 0 aliphatic rings. The topological polar surface area (TPSA) is 34.9 Å². The van der Waals surface area contributed by atoms with Gasteiger partial charge in [-0.05, 0) is 24.6 Å². The van der Waals surface area contributed by atoms with Gasteiger partial charge in [0.2, 0.25) is 0 Å². The highest BCUT2D eigenvalue weighted by molar-refractivity contribution is 7.82. The van der Waals surface area contributed by atoms with Crippen LogP contribution in [0, 0.1) is 12.7 Å². The van der Waals surface area contributed by atoms with E-state index in [1.807, 2.05) is 20.8 Å². The van der Waals surface area contributed by atoms with E-state index < -0.39 is 28.5 Å². The van der Waals surface area contributed by atoms with E-state index in [2.05, 4.69) is 4.98 Å². The van der Waals surface area contributed by atoms with Gasteiger partial charge in [0, 0.05) is 24.2 Å². The molecule has 0 aliphatic heterocycles. The lowest BCUT2D eigenvalue weighted by molar-refractivity contribution is -0.137. The van der Waals surface area contributed by atoms with Gasteiger partial charge in [0.1, 0.15) is 22.6 Å². The van der Waals surface area contributed by atoms with Gasteiger partial charge in [-0.3, -0.25) is 3.97 Å². The van der Waals surface area contributed by atoms with E-state index in [1.54, 1.807) is 53.0 Å². The van der Waals surface area contributed by atoms with Crippen molar-refractivity contribution in [1.29, 1.82) is 0 Å². The fraction of sp³-hybridized carbons (Fsp3) is 0.250. The van der Waals surface area contributed by atoms with Crippen LogP contribution in [-0.2, 0) is 17.2 Å². The van der Waals surface area contributed by atoms with Crippen LogP contribution in [0.2, 0.25) is 0 Å². The van der Waals surface area contributed by atoms with Crippen LogP contribution in [0.4, 0.5) is 17.6 Å². The summed E-state index contributed by atoms with van der Waals surface area (Å²) in [5.41, 5.74) is -0.257. The van der Waals surface area contributed by atoms with Crippen molar-refractivity contribution in [3.8, 4) is 11.1 Å². The first-order valence-corrected chi connectivity index (χ1v) is 9.97. The Morgan fingerprint density at radius 1 is 1.04 bits per heavy atom. The minimum absolute atomic E-state index is 0.165. The number of hydrogen-bond donors (Lipinski definition) is 0. The second-order valence-electron chi connectivity index (χ2n) is 5.28. The number of nitrogens with zero attached hydrogens (tertiary/aromatic N) is 2. The highest BCUT2D eigenvalue weighted by Crippen LogP contribution is 2.32. The maximum Gasteiger partial charge on any atom is 0.416 e. The Hall–Kier alpha value is -2.48. The maximum absolute atomic E-state index is 13.6. The molecule has 1 atom stereocenters. The number of rotatable bonds is 2. The summed E-state index contributed by atoms with van der Waals surface area (Å²) in [6.45, 7) is 5.82. The summed E-state index contributed by atoms with van der Waals surface area (Å²) in [6.07, 6.45) is 0.437. The molecule has 2 aromatic carbocycles. The summed E-state index contributed by atoms with van der Waals surface area (Å²) in [5.74, 6) is -0.0816. The third-order valence-electron chi connectivity index (χ3n) is 3.44. The van der Waals surface area contributed by atoms with Crippen LogP contribution in [0.15, 0.2) is 60.9 Å². The average molecular weight is 414 g/mol. The molecule has 3 nitrogen and oxygen atoms in total. The molecule has 1 unspecified atom stereocenters. The van der Waals surface area contributed by atoms with E-state index >= 15 is 0 Å². The van der Waals surface area contributed by atoms with E-state index in [-0.39, 0.29) is 5.56 Å². The Labute approximate surface area is 164 Å². The van der Waals surface area contributed by atoms with Crippen LogP contribution in [-0.4, -0.2) is 19.4 Å². The lowest BCUT2D eigenvalue weighted by Crippen LogP contribution is -2.05. The molecule has 28 heavy (non-hydrogen) atoms. The quantitative estimate of drug-likeness (QED) is 0.492. The molecule has 0 bridgehead atoms. The lowest BCUT2D eigenvalue weighted by atomic mass is 10.0. The normalized spacial score (nSPS) is 11.6. The zero-order valence-electron chi connectivity index (χ0n) is 16.0. The highest BCUT2D eigenvalue weighted by atomic mass is 32.2. The molecule has 0 radical (unpaired) electrons. The second kappa shape index (κ2) is 10.8. The Kier molecular flexibility index (Phi) is 9.05. The molecule has 0 fully saturated rings. The van der Waals surface area contributed by atoms with Gasteiger partial charge in [-0.15, -0.1) is 0 Å². The molecule has 1 aromatic heterocycles. The minimum atomic E-state index is -4.52. The number of aryl methyl sites for hydroxylation is 1. The van der Waals surface area contributed by atoms with E-state index in [9.17, 15) is 21.8 Å². The van der Waals surface area contributed by atoms with Crippen molar-refractivity contribution >= 4 is 11.0 Å². The summed E-state index contributed by atoms with van der Waals surface area (Å²) in [6, 6.07) is 11.0. The van der Waals surface area contributed by atoms with Crippen LogP contribution < -0.4 is 0 Å². The van der Waals surface area contributed by atoms with E-state index in [1.165, 1.54) is 0 Å².